The summed E-state index contributed by atoms with van der Waals surface area (Å²) in [5, 5.41) is 4.09. The first-order valence-corrected chi connectivity index (χ1v) is 6.43. The molecule has 17 heavy (non-hydrogen) atoms. The number of nitrogens with one attached hydrogen (secondary N) is 1. The number of halogens is 1. The van der Waals surface area contributed by atoms with E-state index in [-0.39, 0.29) is 11.5 Å². The largest absolute Gasteiger partial charge is 0.489 e. The lowest BCUT2D eigenvalue weighted by Gasteiger charge is -2.51. The zero-order valence-corrected chi connectivity index (χ0v) is 11.6. The summed E-state index contributed by atoms with van der Waals surface area (Å²) in [6.07, 6.45) is 1.34. The third-order valence-electron chi connectivity index (χ3n) is 3.93. The third kappa shape index (κ3) is 2.29. The van der Waals surface area contributed by atoms with Crippen LogP contribution in [-0.4, -0.2) is 19.2 Å². The van der Waals surface area contributed by atoms with E-state index in [4.69, 9.17) is 16.3 Å². The number of rotatable bonds is 3. The highest BCUT2D eigenvalue weighted by Crippen LogP contribution is 2.43. The van der Waals surface area contributed by atoms with E-state index in [9.17, 15) is 0 Å². The van der Waals surface area contributed by atoms with Gasteiger partial charge < -0.3 is 10.1 Å². The lowest BCUT2D eigenvalue weighted by atomic mass is 9.64. The van der Waals surface area contributed by atoms with Crippen molar-refractivity contribution in [1.82, 2.24) is 5.32 Å². The predicted octanol–water partition coefficient (Wildman–Crippen LogP) is 3.41. The minimum absolute atomic E-state index is 0.181. The first kappa shape index (κ1) is 12.7. The fraction of sp³-hybridized carbons (Fsp3) is 0.571. The van der Waals surface area contributed by atoms with Crippen LogP contribution in [0, 0.1) is 12.3 Å². The maximum absolute atomic E-state index is 6.08. The molecule has 1 N–H and O–H groups in total. The van der Waals surface area contributed by atoms with Gasteiger partial charge in [0, 0.05) is 22.9 Å². The molecular weight excluding hydrogens is 234 g/mol. The summed E-state index contributed by atoms with van der Waals surface area (Å²) < 4.78 is 6.08. The molecule has 2 unspecified atom stereocenters. The van der Waals surface area contributed by atoms with Gasteiger partial charge in [-0.15, -0.1) is 0 Å². The van der Waals surface area contributed by atoms with Crippen molar-refractivity contribution in [3.05, 3.63) is 28.8 Å². The van der Waals surface area contributed by atoms with Crippen LogP contribution >= 0.6 is 11.6 Å². The molecule has 0 saturated heterocycles. The summed E-state index contributed by atoms with van der Waals surface area (Å²) >= 11 is 5.94. The lowest BCUT2D eigenvalue weighted by molar-refractivity contribution is -0.0524. The fourth-order valence-electron chi connectivity index (χ4n) is 2.47. The summed E-state index contributed by atoms with van der Waals surface area (Å²) in [6, 6.07) is 6.32. The summed E-state index contributed by atoms with van der Waals surface area (Å²) in [5.41, 5.74) is 1.28. The Bertz CT molecular complexity index is 417. The van der Waals surface area contributed by atoms with Gasteiger partial charge in [-0.25, -0.2) is 0 Å². The third-order valence-corrected chi connectivity index (χ3v) is 4.17. The van der Waals surface area contributed by atoms with Gasteiger partial charge in [0.15, 0.2) is 0 Å². The molecular formula is C14H20ClNO. The number of benzene rings is 1. The summed E-state index contributed by atoms with van der Waals surface area (Å²) in [4.78, 5) is 0. The molecule has 2 atom stereocenters. The van der Waals surface area contributed by atoms with Gasteiger partial charge in [-0.05, 0) is 37.7 Å². The van der Waals surface area contributed by atoms with Crippen molar-refractivity contribution in [3.63, 3.8) is 0 Å². The minimum atomic E-state index is 0.181. The van der Waals surface area contributed by atoms with E-state index in [0.717, 1.165) is 22.8 Å². The Hall–Kier alpha value is -0.730. The van der Waals surface area contributed by atoms with Gasteiger partial charge in [0.25, 0.3) is 0 Å². The van der Waals surface area contributed by atoms with Gasteiger partial charge in [0.1, 0.15) is 11.9 Å². The predicted molar refractivity (Wildman–Crippen MR) is 71.9 cm³/mol. The van der Waals surface area contributed by atoms with Crippen LogP contribution in [0.1, 0.15) is 25.8 Å². The second kappa shape index (κ2) is 4.51. The van der Waals surface area contributed by atoms with Crippen LogP contribution in [0.25, 0.3) is 0 Å². The summed E-state index contributed by atoms with van der Waals surface area (Å²) in [7, 11) is 2.01. The van der Waals surface area contributed by atoms with Crippen molar-refractivity contribution in [2.24, 2.45) is 5.41 Å². The Kier molecular flexibility index (Phi) is 3.37. The Morgan fingerprint density at radius 2 is 2.12 bits per heavy atom. The molecule has 0 bridgehead atoms. The number of aryl methyl sites for hydroxylation is 1. The number of hydrogen-bond donors (Lipinski definition) is 1. The second-order valence-corrected chi connectivity index (χ2v) is 5.85. The minimum Gasteiger partial charge on any atom is -0.489 e. The molecule has 0 heterocycles. The molecule has 94 valence electrons. The van der Waals surface area contributed by atoms with Gasteiger partial charge in [-0.3, -0.25) is 0 Å². The molecule has 0 radical (unpaired) electrons. The van der Waals surface area contributed by atoms with Crippen LogP contribution in [0.15, 0.2) is 18.2 Å². The molecule has 0 spiro atoms. The molecule has 0 aliphatic heterocycles. The van der Waals surface area contributed by atoms with E-state index in [2.05, 4.69) is 19.2 Å². The molecule has 1 fully saturated rings. The van der Waals surface area contributed by atoms with E-state index in [1.54, 1.807) is 0 Å². The second-order valence-electron chi connectivity index (χ2n) is 5.41. The van der Waals surface area contributed by atoms with Crippen molar-refractivity contribution >= 4 is 11.6 Å². The quantitative estimate of drug-likeness (QED) is 0.891. The van der Waals surface area contributed by atoms with E-state index in [1.165, 1.54) is 0 Å². The highest BCUT2D eigenvalue weighted by Gasteiger charge is 2.49. The zero-order valence-electron chi connectivity index (χ0n) is 10.9. The fourth-order valence-corrected chi connectivity index (χ4v) is 2.70. The molecule has 1 aromatic rings. The monoisotopic (exact) mass is 253 g/mol. The van der Waals surface area contributed by atoms with Gasteiger partial charge in [0.05, 0.1) is 0 Å². The van der Waals surface area contributed by atoms with Crippen LogP contribution in [0.5, 0.6) is 5.75 Å². The molecule has 1 aliphatic carbocycles. The van der Waals surface area contributed by atoms with Crippen LogP contribution in [0.4, 0.5) is 0 Å². The molecule has 3 heteroatoms. The average molecular weight is 254 g/mol. The smallest absolute Gasteiger partial charge is 0.122 e. The van der Waals surface area contributed by atoms with Gasteiger partial charge in [0.2, 0.25) is 0 Å². The molecule has 2 nitrogen and oxygen atoms in total. The van der Waals surface area contributed by atoms with Crippen molar-refractivity contribution in [1.29, 1.82) is 0 Å². The number of hydrogen-bond acceptors (Lipinski definition) is 2. The van der Waals surface area contributed by atoms with Gasteiger partial charge >= 0.3 is 0 Å². The van der Waals surface area contributed by atoms with E-state index in [1.807, 2.05) is 32.2 Å². The van der Waals surface area contributed by atoms with E-state index < -0.39 is 0 Å². The zero-order chi connectivity index (χ0) is 12.6. The van der Waals surface area contributed by atoms with Crippen LogP contribution in [-0.2, 0) is 0 Å². The van der Waals surface area contributed by atoms with Crippen molar-refractivity contribution in [2.45, 2.75) is 39.3 Å². The van der Waals surface area contributed by atoms with E-state index >= 15 is 0 Å². The maximum Gasteiger partial charge on any atom is 0.122 e. The van der Waals surface area contributed by atoms with Crippen molar-refractivity contribution in [3.8, 4) is 5.75 Å². The first-order chi connectivity index (χ1) is 7.95. The van der Waals surface area contributed by atoms with Crippen LogP contribution in [0.2, 0.25) is 5.02 Å². The Morgan fingerprint density at radius 3 is 2.65 bits per heavy atom. The normalized spacial score (nSPS) is 26.4. The Labute approximate surface area is 108 Å². The highest BCUT2D eigenvalue weighted by atomic mass is 35.5. The standard InChI is InChI=1S/C14H20ClNO/c1-9-7-10(15)5-6-11(9)17-13-8-12(16-4)14(13,2)3/h5-7,12-13,16H,8H2,1-4H3. The lowest BCUT2D eigenvalue weighted by Crippen LogP contribution is -2.61. The maximum atomic E-state index is 6.08. The molecule has 1 saturated carbocycles. The van der Waals surface area contributed by atoms with Crippen molar-refractivity contribution < 1.29 is 4.74 Å². The van der Waals surface area contributed by atoms with Gasteiger partial charge in [-0.1, -0.05) is 25.4 Å². The van der Waals surface area contributed by atoms with E-state index in [0.29, 0.717) is 6.04 Å². The molecule has 1 aliphatic rings. The molecule has 2 rings (SSSR count). The summed E-state index contributed by atoms with van der Waals surface area (Å²) in [6.45, 7) is 6.52. The van der Waals surface area contributed by atoms with Crippen LogP contribution < -0.4 is 10.1 Å². The molecule has 0 aromatic heterocycles. The first-order valence-electron chi connectivity index (χ1n) is 6.05. The molecule has 1 aromatic carbocycles. The average Bonchev–Trinajstić information content (AvgIpc) is 2.26. The Morgan fingerprint density at radius 1 is 1.41 bits per heavy atom. The van der Waals surface area contributed by atoms with Crippen LogP contribution in [0.3, 0.4) is 0 Å². The van der Waals surface area contributed by atoms with Gasteiger partial charge in [-0.2, -0.15) is 0 Å². The highest BCUT2D eigenvalue weighted by molar-refractivity contribution is 6.30. The number of ether oxygens (including phenoxy) is 1. The summed E-state index contributed by atoms with van der Waals surface area (Å²) in [5.74, 6) is 0.946. The Balaban J connectivity index is 2.08. The molecule has 0 amide bonds. The van der Waals surface area contributed by atoms with Crippen molar-refractivity contribution in [2.75, 3.05) is 7.05 Å². The topological polar surface area (TPSA) is 21.3 Å². The SMILES string of the molecule is CNC1CC(Oc2ccc(Cl)cc2C)C1(C)C.